The van der Waals surface area contributed by atoms with Crippen molar-refractivity contribution in [1.29, 1.82) is 0 Å². The Bertz CT molecular complexity index is 524. The molecule has 0 aliphatic heterocycles. The van der Waals surface area contributed by atoms with Crippen molar-refractivity contribution in [2.45, 2.75) is 31.8 Å². The molecule has 0 amide bonds. The van der Waals surface area contributed by atoms with Gasteiger partial charge in [0.1, 0.15) is 12.4 Å². The van der Waals surface area contributed by atoms with Crippen LogP contribution in [0, 0.1) is 0 Å². The van der Waals surface area contributed by atoms with Gasteiger partial charge in [-0.15, -0.1) is 0 Å². The van der Waals surface area contributed by atoms with Gasteiger partial charge >= 0.3 is 6.01 Å². The summed E-state index contributed by atoms with van der Waals surface area (Å²) in [4.78, 5) is 16.2. The summed E-state index contributed by atoms with van der Waals surface area (Å²) in [6.45, 7) is 0. The second-order valence-electron chi connectivity index (χ2n) is 4.18. The summed E-state index contributed by atoms with van der Waals surface area (Å²) in [6, 6.07) is 0.283. The Morgan fingerprint density at radius 3 is 2.78 bits per heavy atom. The van der Waals surface area contributed by atoms with E-state index in [1.54, 1.807) is 23.3 Å². The van der Waals surface area contributed by atoms with Crippen molar-refractivity contribution >= 4 is 11.6 Å². The Balaban J connectivity index is 1.86. The fourth-order valence-electron chi connectivity index (χ4n) is 2.02. The minimum atomic E-state index is 0.127. The molecule has 7 heteroatoms. The lowest BCUT2D eigenvalue weighted by Crippen LogP contribution is -2.14. The van der Waals surface area contributed by atoms with Gasteiger partial charge in [0.05, 0.1) is 0 Å². The normalized spacial score (nSPS) is 16.1. The van der Waals surface area contributed by atoms with E-state index >= 15 is 0 Å². The lowest BCUT2D eigenvalue weighted by atomic mass is 10.3. The molecule has 3 rings (SSSR count). The van der Waals surface area contributed by atoms with Crippen LogP contribution >= 0.6 is 11.6 Å². The second kappa shape index (κ2) is 4.89. The third kappa shape index (κ3) is 2.43. The van der Waals surface area contributed by atoms with Crippen molar-refractivity contribution in [1.82, 2.24) is 24.5 Å². The van der Waals surface area contributed by atoms with E-state index in [1.807, 2.05) is 0 Å². The first-order chi connectivity index (χ1) is 8.81. The van der Waals surface area contributed by atoms with Crippen molar-refractivity contribution in [3.05, 3.63) is 24.0 Å². The average molecular weight is 266 g/mol. The standard InChI is InChI=1S/C11H12ClN5O/c12-9-14-10(17-6-5-13-7-17)16-11(15-9)18-8-3-1-2-4-8/h5-8H,1-4H2. The number of nitrogens with zero attached hydrogens (tertiary/aromatic N) is 5. The first-order valence-electron chi connectivity index (χ1n) is 5.88. The van der Waals surface area contributed by atoms with Crippen LogP contribution in [0.4, 0.5) is 0 Å². The zero-order valence-corrected chi connectivity index (χ0v) is 10.4. The number of halogens is 1. The molecule has 2 aromatic heterocycles. The molecular formula is C11H12ClN5O. The van der Waals surface area contributed by atoms with Crippen LogP contribution in [0.1, 0.15) is 25.7 Å². The van der Waals surface area contributed by atoms with Crippen LogP contribution < -0.4 is 4.74 Å². The van der Waals surface area contributed by atoms with Crippen LogP contribution in [0.15, 0.2) is 18.7 Å². The van der Waals surface area contributed by atoms with Crippen molar-refractivity contribution in [2.75, 3.05) is 0 Å². The molecule has 0 unspecified atom stereocenters. The predicted molar refractivity (Wildman–Crippen MR) is 64.8 cm³/mol. The summed E-state index contributed by atoms with van der Waals surface area (Å²) in [6.07, 6.45) is 9.66. The Morgan fingerprint density at radius 2 is 2.06 bits per heavy atom. The lowest BCUT2D eigenvalue weighted by molar-refractivity contribution is 0.191. The lowest BCUT2D eigenvalue weighted by Gasteiger charge is -2.11. The van der Waals surface area contributed by atoms with Gasteiger partial charge in [0.25, 0.3) is 0 Å². The van der Waals surface area contributed by atoms with Crippen LogP contribution in [0.3, 0.4) is 0 Å². The molecule has 94 valence electrons. The highest BCUT2D eigenvalue weighted by Gasteiger charge is 2.18. The van der Waals surface area contributed by atoms with E-state index in [-0.39, 0.29) is 17.4 Å². The molecule has 18 heavy (non-hydrogen) atoms. The molecule has 1 fully saturated rings. The van der Waals surface area contributed by atoms with E-state index in [0.717, 1.165) is 12.8 Å². The van der Waals surface area contributed by atoms with Gasteiger partial charge < -0.3 is 4.74 Å². The highest BCUT2D eigenvalue weighted by Crippen LogP contribution is 2.22. The molecule has 2 aromatic rings. The molecule has 1 aliphatic rings. The number of hydrogen-bond acceptors (Lipinski definition) is 5. The fourth-order valence-corrected chi connectivity index (χ4v) is 2.17. The summed E-state index contributed by atoms with van der Waals surface area (Å²) in [5.74, 6) is 0.417. The summed E-state index contributed by atoms with van der Waals surface area (Å²) >= 11 is 5.88. The number of hydrogen-bond donors (Lipinski definition) is 0. The third-order valence-corrected chi connectivity index (χ3v) is 3.05. The molecule has 0 saturated heterocycles. The number of aromatic nitrogens is 5. The van der Waals surface area contributed by atoms with Gasteiger partial charge in [-0.3, -0.25) is 4.57 Å². The SMILES string of the molecule is Clc1nc(OC2CCCC2)nc(-n2ccnc2)n1. The molecule has 0 aromatic carbocycles. The van der Waals surface area contributed by atoms with Crippen molar-refractivity contribution in [3.63, 3.8) is 0 Å². The molecule has 0 spiro atoms. The van der Waals surface area contributed by atoms with Gasteiger partial charge in [-0.05, 0) is 37.3 Å². The summed E-state index contributed by atoms with van der Waals surface area (Å²) in [7, 11) is 0. The van der Waals surface area contributed by atoms with Crippen LogP contribution in [-0.4, -0.2) is 30.6 Å². The fraction of sp³-hybridized carbons (Fsp3) is 0.455. The van der Waals surface area contributed by atoms with Gasteiger partial charge in [-0.25, -0.2) is 4.98 Å². The molecule has 0 N–H and O–H groups in total. The Hall–Kier alpha value is -1.69. The molecule has 0 radical (unpaired) electrons. The van der Waals surface area contributed by atoms with E-state index in [1.165, 1.54) is 12.8 Å². The maximum absolute atomic E-state index is 5.88. The molecular weight excluding hydrogens is 254 g/mol. The number of imidazole rings is 1. The summed E-state index contributed by atoms with van der Waals surface area (Å²) < 4.78 is 7.38. The van der Waals surface area contributed by atoms with Crippen LogP contribution in [-0.2, 0) is 0 Å². The topological polar surface area (TPSA) is 65.7 Å². The smallest absolute Gasteiger partial charge is 0.322 e. The van der Waals surface area contributed by atoms with E-state index in [2.05, 4.69) is 19.9 Å². The van der Waals surface area contributed by atoms with Gasteiger partial charge in [-0.2, -0.15) is 15.0 Å². The summed E-state index contributed by atoms with van der Waals surface area (Å²) in [5.41, 5.74) is 0. The molecule has 6 nitrogen and oxygen atoms in total. The molecule has 2 heterocycles. The maximum atomic E-state index is 5.88. The minimum absolute atomic E-state index is 0.127. The van der Waals surface area contributed by atoms with Crippen LogP contribution in [0.5, 0.6) is 6.01 Å². The first-order valence-corrected chi connectivity index (χ1v) is 6.25. The maximum Gasteiger partial charge on any atom is 0.322 e. The highest BCUT2D eigenvalue weighted by atomic mass is 35.5. The second-order valence-corrected chi connectivity index (χ2v) is 4.52. The third-order valence-electron chi connectivity index (χ3n) is 2.89. The predicted octanol–water partition coefficient (Wildman–Crippen LogP) is 2.03. The van der Waals surface area contributed by atoms with Crippen LogP contribution in [0.25, 0.3) is 5.95 Å². The Labute approximate surface area is 109 Å². The van der Waals surface area contributed by atoms with E-state index < -0.39 is 0 Å². The largest absolute Gasteiger partial charge is 0.460 e. The van der Waals surface area contributed by atoms with E-state index in [9.17, 15) is 0 Å². The van der Waals surface area contributed by atoms with E-state index in [0.29, 0.717) is 5.95 Å². The van der Waals surface area contributed by atoms with Crippen molar-refractivity contribution in [3.8, 4) is 12.0 Å². The van der Waals surface area contributed by atoms with E-state index in [4.69, 9.17) is 16.3 Å². The molecule has 0 bridgehead atoms. The molecule has 1 saturated carbocycles. The average Bonchev–Trinajstić information content (AvgIpc) is 3.00. The highest BCUT2D eigenvalue weighted by molar-refractivity contribution is 6.28. The van der Waals surface area contributed by atoms with Crippen molar-refractivity contribution in [2.24, 2.45) is 0 Å². The molecule has 1 aliphatic carbocycles. The molecule has 0 atom stereocenters. The van der Waals surface area contributed by atoms with Gasteiger partial charge in [-0.1, -0.05) is 0 Å². The zero-order chi connectivity index (χ0) is 12.4. The first kappa shape index (κ1) is 11.4. The van der Waals surface area contributed by atoms with Gasteiger partial charge in [0, 0.05) is 12.4 Å². The quantitative estimate of drug-likeness (QED) is 0.850. The summed E-state index contributed by atoms with van der Waals surface area (Å²) in [5, 5.41) is 0.127. The number of ether oxygens (including phenoxy) is 1. The van der Waals surface area contributed by atoms with Crippen molar-refractivity contribution < 1.29 is 4.74 Å². The van der Waals surface area contributed by atoms with Crippen LogP contribution in [0.2, 0.25) is 5.28 Å². The monoisotopic (exact) mass is 265 g/mol. The Morgan fingerprint density at radius 1 is 1.22 bits per heavy atom. The number of rotatable bonds is 3. The van der Waals surface area contributed by atoms with Gasteiger partial charge in [0.15, 0.2) is 0 Å². The Kier molecular flexibility index (Phi) is 3.10. The zero-order valence-electron chi connectivity index (χ0n) is 9.66. The van der Waals surface area contributed by atoms with Gasteiger partial charge in [0.2, 0.25) is 11.2 Å². The minimum Gasteiger partial charge on any atom is -0.460 e.